The molecule has 2 aliphatic rings. The molecule has 0 bridgehead atoms. The van der Waals surface area contributed by atoms with Crippen molar-refractivity contribution in [3.8, 4) is 0 Å². The molecule has 2 heterocycles. The Hall–Kier alpha value is -1.06. The van der Waals surface area contributed by atoms with E-state index in [1.807, 2.05) is 0 Å². The fraction of sp³-hybridized carbons (Fsp3) is 0.571. The first-order valence-corrected chi connectivity index (χ1v) is 9.21. The van der Waals surface area contributed by atoms with Gasteiger partial charge in [0, 0.05) is 11.8 Å². The molecule has 1 N–H and O–H groups in total. The molecule has 0 saturated heterocycles. The summed E-state index contributed by atoms with van der Waals surface area (Å²) < 4.78 is 30.9. The lowest BCUT2D eigenvalue weighted by Crippen LogP contribution is -2.40. The van der Waals surface area contributed by atoms with Crippen LogP contribution in [0.15, 0.2) is 31.9 Å². The van der Waals surface area contributed by atoms with E-state index in [-0.39, 0.29) is 15.6 Å². The number of quaternary nitrogens is 1. The first kappa shape index (κ1) is 20.0. The van der Waals surface area contributed by atoms with Crippen molar-refractivity contribution in [3.63, 3.8) is 0 Å². The topological polar surface area (TPSA) is 82.3 Å². The predicted octanol–water partition coefficient (Wildman–Crippen LogP) is 2.39. The Balaban J connectivity index is 0.000000322. The van der Waals surface area contributed by atoms with Gasteiger partial charge in [-0.3, -0.25) is 4.55 Å². The summed E-state index contributed by atoms with van der Waals surface area (Å²) in [6.07, 6.45) is 3.25. The number of halogens is 1. The second-order valence-corrected chi connectivity index (χ2v) is 7.00. The van der Waals surface area contributed by atoms with E-state index in [1.54, 1.807) is 26.4 Å². The Morgan fingerprint density at radius 1 is 1.26 bits per heavy atom. The van der Waals surface area contributed by atoms with Gasteiger partial charge in [0.15, 0.2) is 0 Å². The van der Waals surface area contributed by atoms with E-state index in [1.165, 1.54) is 19.6 Å². The molecule has 130 valence electrons. The molecular formula is C14H24ClN4O3S+. The predicted molar refractivity (Wildman–Crippen MR) is 93.8 cm³/mol. The molecule has 2 rings (SSSR count). The second kappa shape index (κ2) is 7.67. The van der Waals surface area contributed by atoms with Crippen LogP contribution in [0.2, 0.25) is 0 Å². The average molecular weight is 364 g/mol. The van der Waals surface area contributed by atoms with Gasteiger partial charge in [0.25, 0.3) is 10.2 Å². The normalized spacial score (nSPS) is 23.3. The van der Waals surface area contributed by atoms with Crippen LogP contribution in [-0.2, 0) is 10.1 Å². The van der Waals surface area contributed by atoms with Gasteiger partial charge in [0.2, 0.25) is 0 Å². The highest BCUT2D eigenvalue weighted by Crippen LogP contribution is 2.36. The number of fused-ring (bicyclic) bond motifs is 1. The van der Waals surface area contributed by atoms with Gasteiger partial charge in [0.1, 0.15) is 6.20 Å². The molecule has 0 amide bonds. The molecule has 7 nitrogen and oxygen atoms in total. The summed E-state index contributed by atoms with van der Waals surface area (Å²) in [5.74, 6) is 0.211. The minimum absolute atomic E-state index is 0.0892. The number of nitrogens with zero attached hydrogens (tertiary/aromatic N) is 4. The summed E-state index contributed by atoms with van der Waals surface area (Å²) >= 11 is 5.92. The van der Waals surface area contributed by atoms with Crippen molar-refractivity contribution in [2.45, 2.75) is 27.7 Å². The first-order valence-electron chi connectivity index (χ1n) is 7.39. The monoisotopic (exact) mass is 363 g/mol. The Morgan fingerprint density at radius 2 is 1.78 bits per heavy atom. The standard InChI is InChI=1S/C8H8ClN3O3S.C6H15N/c1-5-3-10-8-11-7(16(13,14)15)6(9)12(8,2)4-5;1-4-7(5-2)6-3/h3-4H,1-2H3;4-6H2,1-3H3/p+1. The Labute approximate surface area is 143 Å². The lowest BCUT2D eigenvalue weighted by Gasteiger charge is -2.24. The molecule has 1 atom stereocenters. The maximum atomic E-state index is 11.0. The molecule has 23 heavy (non-hydrogen) atoms. The van der Waals surface area contributed by atoms with Crippen molar-refractivity contribution in [1.29, 1.82) is 0 Å². The van der Waals surface area contributed by atoms with Gasteiger partial charge >= 0.3 is 16.1 Å². The zero-order chi connectivity index (χ0) is 17.8. The van der Waals surface area contributed by atoms with E-state index in [0.29, 0.717) is 0 Å². The van der Waals surface area contributed by atoms with E-state index in [4.69, 9.17) is 16.2 Å². The van der Waals surface area contributed by atoms with Crippen LogP contribution >= 0.6 is 11.6 Å². The molecule has 2 aliphatic heterocycles. The second-order valence-electron chi connectivity index (χ2n) is 5.31. The minimum atomic E-state index is -4.42. The van der Waals surface area contributed by atoms with Crippen LogP contribution in [0.3, 0.4) is 0 Å². The molecule has 0 aromatic carbocycles. The molecule has 0 aromatic heterocycles. The van der Waals surface area contributed by atoms with Gasteiger partial charge in [-0.25, -0.2) is 0 Å². The smallest absolute Gasteiger partial charge is 0.304 e. The zero-order valence-electron chi connectivity index (χ0n) is 14.1. The van der Waals surface area contributed by atoms with Crippen LogP contribution in [0, 0.1) is 0 Å². The third-order valence-corrected chi connectivity index (χ3v) is 5.05. The number of allylic oxidation sites excluding steroid dienone is 1. The lowest BCUT2D eigenvalue weighted by atomic mass is 10.3. The number of rotatable bonds is 4. The first-order chi connectivity index (χ1) is 10.6. The van der Waals surface area contributed by atoms with E-state index >= 15 is 0 Å². The Kier molecular flexibility index (Phi) is 6.67. The number of hydrogen-bond donors (Lipinski definition) is 1. The van der Waals surface area contributed by atoms with Crippen molar-refractivity contribution in [2.24, 2.45) is 9.98 Å². The number of aliphatic imine (C=N–C) groups is 2. The van der Waals surface area contributed by atoms with Gasteiger partial charge in [-0.15, -0.1) is 0 Å². The third kappa shape index (κ3) is 4.48. The third-order valence-electron chi connectivity index (χ3n) is 3.63. The van der Waals surface area contributed by atoms with Crippen molar-refractivity contribution in [1.82, 2.24) is 4.90 Å². The quantitative estimate of drug-likeness (QED) is 0.472. The van der Waals surface area contributed by atoms with Crippen LogP contribution in [0.4, 0.5) is 0 Å². The molecule has 0 spiro atoms. The highest BCUT2D eigenvalue weighted by Gasteiger charge is 2.46. The average Bonchev–Trinajstić information content (AvgIpc) is 2.73. The highest BCUT2D eigenvalue weighted by molar-refractivity contribution is 7.89. The lowest BCUT2D eigenvalue weighted by molar-refractivity contribution is -0.714. The van der Waals surface area contributed by atoms with E-state index in [9.17, 15) is 8.42 Å². The number of guanidine groups is 1. The molecule has 0 aromatic rings. The van der Waals surface area contributed by atoms with Crippen molar-refractivity contribution < 1.29 is 17.5 Å². The molecule has 0 aliphatic carbocycles. The van der Waals surface area contributed by atoms with Crippen molar-refractivity contribution in [2.75, 3.05) is 26.7 Å². The van der Waals surface area contributed by atoms with E-state index in [2.05, 4.69) is 35.7 Å². The van der Waals surface area contributed by atoms with E-state index in [0.717, 1.165) is 5.57 Å². The Bertz CT molecular complexity index is 673. The zero-order valence-corrected chi connectivity index (χ0v) is 15.7. The molecule has 0 radical (unpaired) electrons. The van der Waals surface area contributed by atoms with Crippen molar-refractivity contribution >= 4 is 33.9 Å². The fourth-order valence-corrected chi connectivity index (χ4v) is 3.28. The van der Waals surface area contributed by atoms with Crippen LogP contribution < -0.4 is 0 Å². The van der Waals surface area contributed by atoms with Crippen LogP contribution in [0.25, 0.3) is 0 Å². The van der Waals surface area contributed by atoms with Crippen LogP contribution in [-0.4, -0.2) is 61.2 Å². The number of hydrogen-bond acceptors (Lipinski definition) is 5. The van der Waals surface area contributed by atoms with Crippen LogP contribution in [0.5, 0.6) is 0 Å². The largest absolute Gasteiger partial charge is 0.341 e. The summed E-state index contributed by atoms with van der Waals surface area (Å²) in [6, 6.07) is 0. The van der Waals surface area contributed by atoms with Gasteiger partial charge in [-0.05, 0) is 38.2 Å². The highest BCUT2D eigenvalue weighted by atomic mass is 35.5. The van der Waals surface area contributed by atoms with Gasteiger partial charge in [-0.1, -0.05) is 20.8 Å². The molecule has 0 fully saturated rings. The minimum Gasteiger partial charge on any atom is -0.304 e. The fourth-order valence-electron chi connectivity index (χ4n) is 2.23. The van der Waals surface area contributed by atoms with Crippen molar-refractivity contribution in [3.05, 3.63) is 22.0 Å². The van der Waals surface area contributed by atoms with E-state index < -0.39 is 15.1 Å². The summed E-state index contributed by atoms with van der Waals surface area (Å²) in [6.45, 7) is 11.9. The maximum absolute atomic E-state index is 11.0. The SMILES string of the molecule is CC1=C[N+]2(C)C(=NC(S(=O)(=O)O)=C2Cl)N=C1.CCN(CC)CC. The van der Waals surface area contributed by atoms with Gasteiger partial charge < -0.3 is 4.90 Å². The molecule has 1 unspecified atom stereocenters. The molecule has 0 saturated carbocycles. The summed E-state index contributed by atoms with van der Waals surface area (Å²) in [7, 11) is -2.79. The summed E-state index contributed by atoms with van der Waals surface area (Å²) in [4.78, 5) is 10.1. The van der Waals surface area contributed by atoms with Gasteiger partial charge in [0.05, 0.1) is 7.05 Å². The maximum Gasteiger partial charge on any atom is 0.341 e. The summed E-state index contributed by atoms with van der Waals surface area (Å²) in [5.41, 5.74) is 0.830. The van der Waals surface area contributed by atoms with Crippen LogP contribution in [0.1, 0.15) is 27.7 Å². The molecule has 9 heteroatoms. The Morgan fingerprint density at radius 3 is 2.17 bits per heavy atom. The summed E-state index contributed by atoms with van der Waals surface area (Å²) in [5, 5.41) is -0.636. The van der Waals surface area contributed by atoms with Gasteiger partial charge in [-0.2, -0.15) is 22.9 Å². The molecular weight excluding hydrogens is 340 g/mol.